The van der Waals surface area contributed by atoms with Crippen LogP contribution >= 0.6 is 23.4 Å². The van der Waals surface area contributed by atoms with E-state index in [2.05, 4.69) is 31.3 Å². The van der Waals surface area contributed by atoms with Gasteiger partial charge in [0.05, 0.1) is 12.1 Å². The van der Waals surface area contributed by atoms with E-state index in [-0.39, 0.29) is 0 Å². The lowest BCUT2D eigenvalue weighted by Gasteiger charge is -2.14. The van der Waals surface area contributed by atoms with Crippen molar-refractivity contribution in [3.05, 3.63) is 53.1 Å². The third-order valence-corrected chi connectivity index (χ3v) is 4.76. The summed E-state index contributed by atoms with van der Waals surface area (Å²) < 4.78 is 5.17. The van der Waals surface area contributed by atoms with Crippen LogP contribution in [-0.4, -0.2) is 13.7 Å². The van der Waals surface area contributed by atoms with E-state index in [1.807, 2.05) is 30.3 Å². The zero-order valence-electron chi connectivity index (χ0n) is 12.5. The van der Waals surface area contributed by atoms with E-state index < -0.39 is 0 Å². The van der Waals surface area contributed by atoms with E-state index in [4.69, 9.17) is 16.3 Å². The number of hydrogen-bond donors (Lipinski definition) is 1. The van der Waals surface area contributed by atoms with Crippen LogP contribution in [0.25, 0.3) is 0 Å². The number of benzene rings is 2. The Kier molecular flexibility index (Phi) is 5.97. The molecule has 0 aromatic heterocycles. The molecule has 0 heterocycles. The summed E-state index contributed by atoms with van der Waals surface area (Å²) in [5.41, 5.74) is 1.21. The maximum absolute atomic E-state index is 6.41. The average molecular weight is 322 g/mol. The maximum atomic E-state index is 6.41. The highest BCUT2D eigenvalue weighted by Crippen LogP contribution is 2.35. The predicted molar refractivity (Wildman–Crippen MR) is 90.7 cm³/mol. The number of rotatable bonds is 6. The van der Waals surface area contributed by atoms with Gasteiger partial charge in [-0.05, 0) is 55.4 Å². The van der Waals surface area contributed by atoms with Gasteiger partial charge in [0.25, 0.3) is 0 Å². The monoisotopic (exact) mass is 321 g/mol. The van der Waals surface area contributed by atoms with Gasteiger partial charge in [0.15, 0.2) is 0 Å². The van der Waals surface area contributed by atoms with Crippen molar-refractivity contribution in [2.75, 3.05) is 13.7 Å². The van der Waals surface area contributed by atoms with Crippen LogP contribution in [0.3, 0.4) is 0 Å². The number of methoxy groups -OCH3 is 1. The molecule has 0 bridgehead atoms. The van der Waals surface area contributed by atoms with E-state index in [0.717, 1.165) is 27.1 Å². The second-order valence-electron chi connectivity index (χ2n) is 4.75. The molecule has 4 heteroatoms. The first-order valence-electron chi connectivity index (χ1n) is 6.98. The molecule has 0 spiro atoms. The molecule has 0 saturated heterocycles. The summed E-state index contributed by atoms with van der Waals surface area (Å²) in [4.78, 5) is 2.21. The summed E-state index contributed by atoms with van der Waals surface area (Å²) in [6, 6.07) is 14.6. The minimum absolute atomic E-state index is 0.313. The van der Waals surface area contributed by atoms with Crippen LogP contribution in [0.1, 0.15) is 25.5 Å². The number of hydrogen-bond acceptors (Lipinski definition) is 3. The molecule has 21 heavy (non-hydrogen) atoms. The van der Waals surface area contributed by atoms with E-state index in [1.165, 1.54) is 5.56 Å². The minimum atomic E-state index is 0.313. The lowest BCUT2D eigenvalue weighted by atomic mass is 10.1. The second-order valence-corrected chi connectivity index (χ2v) is 6.27. The van der Waals surface area contributed by atoms with Crippen molar-refractivity contribution < 1.29 is 4.74 Å². The van der Waals surface area contributed by atoms with Gasteiger partial charge in [0.1, 0.15) is 5.75 Å². The molecule has 0 aliphatic heterocycles. The molecule has 2 aromatic carbocycles. The Morgan fingerprint density at radius 1 is 1.19 bits per heavy atom. The second kappa shape index (κ2) is 7.74. The lowest BCUT2D eigenvalue weighted by molar-refractivity contribution is 0.414. The molecule has 0 radical (unpaired) electrons. The van der Waals surface area contributed by atoms with Crippen molar-refractivity contribution in [2.24, 2.45) is 0 Å². The van der Waals surface area contributed by atoms with Crippen LogP contribution in [0.5, 0.6) is 5.75 Å². The Morgan fingerprint density at radius 3 is 2.48 bits per heavy atom. The van der Waals surface area contributed by atoms with Crippen molar-refractivity contribution in [1.82, 2.24) is 5.32 Å². The van der Waals surface area contributed by atoms with Crippen LogP contribution in [-0.2, 0) is 0 Å². The third-order valence-electron chi connectivity index (χ3n) is 3.25. The summed E-state index contributed by atoms with van der Waals surface area (Å²) in [5, 5.41) is 4.18. The fraction of sp³-hybridized carbons (Fsp3) is 0.294. The van der Waals surface area contributed by atoms with Gasteiger partial charge in [-0.3, -0.25) is 0 Å². The molecule has 2 rings (SSSR count). The van der Waals surface area contributed by atoms with E-state index in [9.17, 15) is 0 Å². The maximum Gasteiger partial charge on any atom is 0.118 e. The molecule has 0 fully saturated rings. The van der Waals surface area contributed by atoms with Gasteiger partial charge in [0, 0.05) is 15.8 Å². The van der Waals surface area contributed by atoms with Gasteiger partial charge in [-0.1, -0.05) is 36.4 Å². The topological polar surface area (TPSA) is 21.3 Å². The van der Waals surface area contributed by atoms with Gasteiger partial charge in [-0.2, -0.15) is 0 Å². The standard InChI is InChI=1S/C17H20ClNOS/c1-4-19-12(2)13-5-10-17(16(18)11-13)21-15-8-6-14(20-3)7-9-15/h5-12,19H,4H2,1-3H3. The SMILES string of the molecule is CCNC(C)c1ccc(Sc2ccc(OC)cc2)c(Cl)c1. The van der Waals surface area contributed by atoms with Gasteiger partial charge in [0.2, 0.25) is 0 Å². The Balaban J connectivity index is 2.13. The van der Waals surface area contributed by atoms with Crippen LogP contribution in [0.15, 0.2) is 52.3 Å². The summed E-state index contributed by atoms with van der Waals surface area (Å²) in [7, 11) is 1.67. The highest BCUT2D eigenvalue weighted by Gasteiger charge is 2.08. The Morgan fingerprint density at radius 2 is 1.90 bits per heavy atom. The predicted octanol–water partition coefficient (Wildman–Crippen LogP) is 5.17. The molecule has 0 amide bonds. The van der Waals surface area contributed by atoms with Crippen molar-refractivity contribution in [3.8, 4) is 5.75 Å². The molecule has 2 aromatic rings. The Labute approximate surface area is 135 Å². The Hall–Kier alpha value is -1.16. The molecular weight excluding hydrogens is 302 g/mol. The third kappa shape index (κ3) is 4.40. The molecule has 1 atom stereocenters. The highest BCUT2D eigenvalue weighted by atomic mass is 35.5. The van der Waals surface area contributed by atoms with Crippen LogP contribution in [0, 0.1) is 0 Å². The summed E-state index contributed by atoms with van der Waals surface area (Å²) in [6.07, 6.45) is 0. The largest absolute Gasteiger partial charge is 0.497 e. The van der Waals surface area contributed by atoms with Crippen LogP contribution in [0.2, 0.25) is 5.02 Å². The summed E-state index contributed by atoms with van der Waals surface area (Å²) >= 11 is 8.07. The molecule has 1 N–H and O–H groups in total. The van der Waals surface area contributed by atoms with Crippen molar-refractivity contribution in [3.63, 3.8) is 0 Å². The molecule has 0 aliphatic rings. The van der Waals surface area contributed by atoms with Crippen molar-refractivity contribution in [2.45, 2.75) is 29.7 Å². The van der Waals surface area contributed by atoms with E-state index in [1.54, 1.807) is 18.9 Å². The smallest absolute Gasteiger partial charge is 0.118 e. The van der Waals surface area contributed by atoms with E-state index in [0.29, 0.717) is 6.04 Å². The fourth-order valence-corrected chi connectivity index (χ4v) is 3.19. The normalized spacial score (nSPS) is 12.2. The van der Waals surface area contributed by atoms with E-state index >= 15 is 0 Å². The first-order valence-corrected chi connectivity index (χ1v) is 8.18. The van der Waals surface area contributed by atoms with Gasteiger partial charge < -0.3 is 10.1 Å². The summed E-state index contributed by atoms with van der Waals surface area (Å²) in [5.74, 6) is 0.861. The Bertz CT molecular complexity index is 586. The summed E-state index contributed by atoms with van der Waals surface area (Å²) in [6.45, 7) is 5.19. The number of ether oxygens (including phenoxy) is 1. The van der Waals surface area contributed by atoms with Gasteiger partial charge in [-0.25, -0.2) is 0 Å². The molecule has 2 nitrogen and oxygen atoms in total. The molecule has 1 unspecified atom stereocenters. The highest BCUT2D eigenvalue weighted by molar-refractivity contribution is 7.99. The average Bonchev–Trinajstić information content (AvgIpc) is 2.50. The molecular formula is C17H20ClNOS. The fourth-order valence-electron chi connectivity index (χ4n) is 2.06. The quantitative estimate of drug-likeness (QED) is 0.793. The van der Waals surface area contributed by atoms with Crippen LogP contribution in [0.4, 0.5) is 0 Å². The van der Waals surface area contributed by atoms with Crippen molar-refractivity contribution in [1.29, 1.82) is 0 Å². The number of halogens is 1. The first kappa shape index (κ1) is 16.2. The lowest BCUT2D eigenvalue weighted by Crippen LogP contribution is -2.17. The minimum Gasteiger partial charge on any atom is -0.497 e. The van der Waals surface area contributed by atoms with Gasteiger partial charge in [-0.15, -0.1) is 0 Å². The van der Waals surface area contributed by atoms with Crippen LogP contribution < -0.4 is 10.1 Å². The zero-order valence-corrected chi connectivity index (χ0v) is 14.1. The van der Waals surface area contributed by atoms with Crippen molar-refractivity contribution >= 4 is 23.4 Å². The molecule has 112 valence electrons. The van der Waals surface area contributed by atoms with Gasteiger partial charge >= 0.3 is 0 Å². The molecule has 0 aliphatic carbocycles. The first-order chi connectivity index (χ1) is 10.1. The molecule has 0 saturated carbocycles. The number of nitrogens with one attached hydrogen (secondary N) is 1. The zero-order chi connectivity index (χ0) is 15.2.